The molecule has 0 radical (unpaired) electrons. The molecule has 6 heteroatoms. The van der Waals surface area contributed by atoms with Crippen molar-refractivity contribution in [1.29, 1.82) is 0 Å². The third-order valence-corrected chi connectivity index (χ3v) is 1.85. The summed E-state index contributed by atoms with van der Waals surface area (Å²) >= 11 is 0. The molecule has 0 unspecified atom stereocenters. The third kappa shape index (κ3) is 6.03. The first-order chi connectivity index (χ1) is 7.15. The lowest BCUT2D eigenvalue weighted by Crippen LogP contribution is -2.46. The predicted octanol–water partition coefficient (Wildman–Crippen LogP) is -1.36. The van der Waals surface area contributed by atoms with Crippen LogP contribution in [0.25, 0.3) is 0 Å². The molecular weight excluding hydrogens is 200 g/mol. The van der Waals surface area contributed by atoms with Crippen molar-refractivity contribution in [2.24, 2.45) is 0 Å². The van der Waals surface area contributed by atoms with E-state index in [-0.39, 0.29) is 12.6 Å². The van der Waals surface area contributed by atoms with Gasteiger partial charge >= 0.3 is 11.8 Å². The zero-order valence-electron chi connectivity index (χ0n) is 9.08. The van der Waals surface area contributed by atoms with E-state index in [2.05, 4.69) is 10.6 Å². The molecule has 0 saturated carbocycles. The van der Waals surface area contributed by atoms with Crippen LogP contribution in [0, 0.1) is 0 Å². The second kappa shape index (κ2) is 8.19. The SMILES string of the molecule is CC[C@H](CO)NC(=O)C(=O)NCCOC. The summed E-state index contributed by atoms with van der Waals surface area (Å²) < 4.78 is 4.71. The molecule has 0 fully saturated rings. The van der Waals surface area contributed by atoms with E-state index < -0.39 is 11.8 Å². The summed E-state index contributed by atoms with van der Waals surface area (Å²) in [5.41, 5.74) is 0. The summed E-state index contributed by atoms with van der Waals surface area (Å²) in [5.74, 6) is -1.44. The smallest absolute Gasteiger partial charge is 0.309 e. The largest absolute Gasteiger partial charge is 0.394 e. The van der Waals surface area contributed by atoms with Crippen LogP contribution in [0.2, 0.25) is 0 Å². The number of amides is 2. The first-order valence-electron chi connectivity index (χ1n) is 4.84. The lowest BCUT2D eigenvalue weighted by molar-refractivity contribution is -0.139. The van der Waals surface area contributed by atoms with Crippen LogP contribution >= 0.6 is 0 Å². The average Bonchev–Trinajstić information content (AvgIpc) is 2.25. The fraction of sp³-hybridized carbons (Fsp3) is 0.778. The van der Waals surface area contributed by atoms with Crippen LogP contribution in [-0.4, -0.2) is 49.8 Å². The van der Waals surface area contributed by atoms with Crippen molar-refractivity contribution in [3.05, 3.63) is 0 Å². The second-order valence-corrected chi connectivity index (χ2v) is 3.01. The van der Waals surface area contributed by atoms with Crippen LogP contribution in [-0.2, 0) is 14.3 Å². The van der Waals surface area contributed by atoms with Crippen molar-refractivity contribution in [1.82, 2.24) is 10.6 Å². The van der Waals surface area contributed by atoms with Gasteiger partial charge in [-0.25, -0.2) is 0 Å². The molecule has 1 atom stereocenters. The van der Waals surface area contributed by atoms with E-state index in [1.807, 2.05) is 6.92 Å². The Hall–Kier alpha value is -1.14. The molecule has 0 heterocycles. The summed E-state index contributed by atoms with van der Waals surface area (Å²) in [4.78, 5) is 22.3. The second-order valence-electron chi connectivity index (χ2n) is 3.01. The number of hydrogen-bond acceptors (Lipinski definition) is 4. The number of nitrogens with one attached hydrogen (secondary N) is 2. The maximum absolute atomic E-state index is 11.2. The van der Waals surface area contributed by atoms with Gasteiger partial charge in [-0.1, -0.05) is 6.92 Å². The van der Waals surface area contributed by atoms with Crippen molar-refractivity contribution >= 4 is 11.8 Å². The summed E-state index contributed by atoms with van der Waals surface area (Å²) in [6, 6.07) is -0.370. The standard InChI is InChI=1S/C9H18N2O4/c1-3-7(6-12)11-9(14)8(13)10-4-5-15-2/h7,12H,3-6H2,1-2H3,(H,10,13)(H,11,14)/t7-/m1/s1. The molecule has 0 aliphatic carbocycles. The Labute approximate surface area is 89.0 Å². The molecule has 3 N–H and O–H groups in total. The maximum atomic E-state index is 11.2. The van der Waals surface area contributed by atoms with Gasteiger partial charge in [0.1, 0.15) is 0 Å². The molecule has 0 bridgehead atoms. The molecule has 0 saturated heterocycles. The fourth-order valence-electron chi connectivity index (χ4n) is 0.875. The number of rotatable bonds is 6. The lowest BCUT2D eigenvalue weighted by atomic mass is 10.2. The maximum Gasteiger partial charge on any atom is 0.309 e. The van der Waals surface area contributed by atoms with E-state index in [0.717, 1.165) is 0 Å². The van der Waals surface area contributed by atoms with E-state index in [1.165, 1.54) is 7.11 Å². The van der Waals surface area contributed by atoms with Crippen molar-refractivity contribution in [2.75, 3.05) is 26.9 Å². The topological polar surface area (TPSA) is 87.7 Å². The molecule has 15 heavy (non-hydrogen) atoms. The minimum Gasteiger partial charge on any atom is -0.394 e. The van der Waals surface area contributed by atoms with Crippen LogP contribution in [0.1, 0.15) is 13.3 Å². The molecule has 0 aromatic rings. The van der Waals surface area contributed by atoms with Gasteiger partial charge in [-0.3, -0.25) is 9.59 Å². The minimum atomic E-state index is -0.730. The molecule has 0 spiro atoms. The number of hydrogen-bond donors (Lipinski definition) is 3. The van der Waals surface area contributed by atoms with Crippen molar-refractivity contribution in [2.45, 2.75) is 19.4 Å². The lowest BCUT2D eigenvalue weighted by Gasteiger charge is -2.13. The van der Waals surface area contributed by atoms with Crippen LogP contribution in [0.4, 0.5) is 0 Å². The van der Waals surface area contributed by atoms with Gasteiger partial charge < -0.3 is 20.5 Å². The number of carbonyl (C=O) groups is 2. The normalized spacial score (nSPS) is 11.9. The van der Waals surface area contributed by atoms with Gasteiger partial charge in [-0.05, 0) is 6.42 Å². The Morgan fingerprint density at radius 2 is 2.07 bits per heavy atom. The van der Waals surface area contributed by atoms with Crippen molar-refractivity contribution in [3.63, 3.8) is 0 Å². The fourth-order valence-corrected chi connectivity index (χ4v) is 0.875. The first-order valence-corrected chi connectivity index (χ1v) is 4.84. The third-order valence-electron chi connectivity index (χ3n) is 1.85. The Morgan fingerprint density at radius 1 is 1.40 bits per heavy atom. The molecule has 2 amide bonds. The highest BCUT2D eigenvalue weighted by Gasteiger charge is 2.16. The molecule has 0 aliphatic rings. The molecule has 0 aromatic carbocycles. The van der Waals surface area contributed by atoms with Gasteiger partial charge in [-0.2, -0.15) is 0 Å². The predicted molar refractivity (Wildman–Crippen MR) is 54.2 cm³/mol. The van der Waals surface area contributed by atoms with Gasteiger partial charge in [0.05, 0.1) is 19.3 Å². The van der Waals surface area contributed by atoms with Gasteiger partial charge in [0, 0.05) is 13.7 Å². The van der Waals surface area contributed by atoms with E-state index in [1.54, 1.807) is 0 Å². The van der Waals surface area contributed by atoms with Gasteiger partial charge in [0.15, 0.2) is 0 Å². The molecular formula is C9H18N2O4. The number of carbonyl (C=O) groups excluding carboxylic acids is 2. The van der Waals surface area contributed by atoms with Gasteiger partial charge in [0.25, 0.3) is 0 Å². The summed E-state index contributed by atoms with van der Waals surface area (Å²) in [6.45, 7) is 2.28. The minimum absolute atomic E-state index is 0.173. The molecule has 0 aromatic heterocycles. The number of aliphatic hydroxyl groups is 1. The van der Waals surface area contributed by atoms with Crippen LogP contribution in [0.5, 0.6) is 0 Å². The molecule has 0 aliphatic heterocycles. The van der Waals surface area contributed by atoms with Gasteiger partial charge in [-0.15, -0.1) is 0 Å². The van der Waals surface area contributed by atoms with Crippen LogP contribution in [0.15, 0.2) is 0 Å². The highest BCUT2D eigenvalue weighted by atomic mass is 16.5. The molecule has 0 rings (SSSR count). The Balaban J connectivity index is 3.82. The van der Waals surface area contributed by atoms with Crippen LogP contribution < -0.4 is 10.6 Å². The Bertz CT molecular complexity index is 204. The van der Waals surface area contributed by atoms with E-state index in [4.69, 9.17) is 9.84 Å². The molecule has 6 nitrogen and oxygen atoms in total. The van der Waals surface area contributed by atoms with E-state index in [9.17, 15) is 9.59 Å². The van der Waals surface area contributed by atoms with Crippen LogP contribution in [0.3, 0.4) is 0 Å². The summed E-state index contributed by atoms with van der Waals surface area (Å²) in [6.07, 6.45) is 0.577. The highest BCUT2D eigenvalue weighted by Crippen LogP contribution is 1.88. The average molecular weight is 218 g/mol. The Kier molecular flexibility index (Phi) is 7.57. The first kappa shape index (κ1) is 13.9. The Morgan fingerprint density at radius 3 is 2.53 bits per heavy atom. The van der Waals surface area contributed by atoms with E-state index in [0.29, 0.717) is 19.6 Å². The van der Waals surface area contributed by atoms with Crippen molar-refractivity contribution < 1.29 is 19.4 Å². The molecule has 88 valence electrons. The number of ether oxygens (including phenoxy) is 1. The van der Waals surface area contributed by atoms with E-state index >= 15 is 0 Å². The monoisotopic (exact) mass is 218 g/mol. The highest BCUT2D eigenvalue weighted by molar-refractivity contribution is 6.35. The quantitative estimate of drug-likeness (QED) is 0.379. The zero-order valence-corrected chi connectivity index (χ0v) is 9.08. The summed E-state index contributed by atoms with van der Waals surface area (Å²) in [5, 5.41) is 13.6. The summed E-state index contributed by atoms with van der Waals surface area (Å²) in [7, 11) is 1.51. The zero-order chi connectivity index (χ0) is 11.7. The number of methoxy groups -OCH3 is 1. The van der Waals surface area contributed by atoms with Gasteiger partial charge in [0.2, 0.25) is 0 Å². The number of aliphatic hydroxyl groups excluding tert-OH is 1. The van der Waals surface area contributed by atoms with Crippen molar-refractivity contribution in [3.8, 4) is 0 Å².